The van der Waals surface area contributed by atoms with Gasteiger partial charge in [0.05, 0.1) is 0 Å². The maximum Gasteiger partial charge on any atom is 0.0369 e. The summed E-state index contributed by atoms with van der Waals surface area (Å²) in [4.78, 5) is 2.44. The van der Waals surface area contributed by atoms with Gasteiger partial charge >= 0.3 is 0 Å². The molecule has 1 aromatic carbocycles. The standard InChI is InChI=1S/C12H18N2/c1-10-4-5-12(8-11(10)9-13)14-6-2-3-7-14/h4-5,8H,2-3,6-7,9,13H2,1H3. The lowest BCUT2D eigenvalue weighted by Crippen LogP contribution is -2.18. The number of benzene rings is 1. The van der Waals surface area contributed by atoms with Crippen molar-refractivity contribution in [1.82, 2.24) is 0 Å². The lowest BCUT2D eigenvalue weighted by atomic mass is 10.1. The van der Waals surface area contributed by atoms with Crippen LogP contribution in [0.2, 0.25) is 0 Å². The second-order valence-electron chi connectivity index (χ2n) is 4.01. The zero-order chi connectivity index (χ0) is 9.97. The van der Waals surface area contributed by atoms with Gasteiger partial charge in [0.25, 0.3) is 0 Å². The highest BCUT2D eigenvalue weighted by Gasteiger charge is 2.12. The monoisotopic (exact) mass is 190 g/mol. The van der Waals surface area contributed by atoms with Gasteiger partial charge in [0.15, 0.2) is 0 Å². The molecule has 2 nitrogen and oxygen atoms in total. The molecule has 76 valence electrons. The fraction of sp³-hybridized carbons (Fsp3) is 0.500. The molecular weight excluding hydrogens is 172 g/mol. The second kappa shape index (κ2) is 4.01. The third kappa shape index (κ3) is 1.75. The molecule has 14 heavy (non-hydrogen) atoms. The lowest BCUT2D eigenvalue weighted by Gasteiger charge is -2.19. The number of rotatable bonds is 2. The minimum Gasteiger partial charge on any atom is -0.372 e. The minimum atomic E-state index is 0.646. The second-order valence-corrected chi connectivity index (χ2v) is 4.01. The summed E-state index contributed by atoms with van der Waals surface area (Å²) in [5, 5.41) is 0. The molecule has 0 radical (unpaired) electrons. The fourth-order valence-electron chi connectivity index (χ4n) is 2.05. The lowest BCUT2D eigenvalue weighted by molar-refractivity contribution is 0.949. The quantitative estimate of drug-likeness (QED) is 0.773. The zero-order valence-corrected chi connectivity index (χ0v) is 8.79. The number of aryl methyl sites for hydroxylation is 1. The molecule has 1 heterocycles. The van der Waals surface area contributed by atoms with Gasteiger partial charge in [-0.1, -0.05) is 6.07 Å². The first-order valence-corrected chi connectivity index (χ1v) is 5.36. The molecule has 1 aliphatic rings. The minimum absolute atomic E-state index is 0.646. The van der Waals surface area contributed by atoms with Crippen LogP contribution in [0, 0.1) is 6.92 Å². The summed E-state index contributed by atoms with van der Waals surface area (Å²) in [5.74, 6) is 0. The predicted molar refractivity (Wildman–Crippen MR) is 60.5 cm³/mol. The summed E-state index contributed by atoms with van der Waals surface area (Å²) in [6, 6.07) is 6.62. The summed E-state index contributed by atoms with van der Waals surface area (Å²) in [7, 11) is 0. The Morgan fingerprint density at radius 2 is 2.00 bits per heavy atom. The van der Waals surface area contributed by atoms with E-state index in [-0.39, 0.29) is 0 Å². The molecule has 0 aromatic heterocycles. The molecule has 2 N–H and O–H groups in total. The molecule has 0 aliphatic carbocycles. The Morgan fingerprint density at radius 3 is 2.64 bits per heavy atom. The van der Waals surface area contributed by atoms with Crippen molar-refractivity contribution in [3.05, 3.63) is 29.3 Å². The van der Waals surface area contributed by atoms with Crippen LogP contribution in [-0.4, -0.2) is 13.1 Å². The Labute approximate surface area is 85.7 Å². The average Bonchev–Trinajstić information content (AvgIpc) is 2.71. The van der Waals surface area contributed by atoms with E-state index in [1.165, 1.54) is 42.7 Å². The fourth-order valence-corrected chi connectivity index (χ4v) is 2.05. The third-order valence-electron chi connectivity index (χ3n) is 3.02. The van der Waals surface area contributed by atoms with Crippen LogP contribution in [0.4, 0.5) is 5.69 Å². The molecule has 0 atom stereocenters. The first kappa shape index (κ1) is 9.53. The molecular formula is C12H18N2. The van der Waals surface area contributed by atoms with E-state index < -0.39 is 0 Å². The molecule has 0 amide bonds. The number of anilines is 1. The summed E-state index contributed by atoms with van der Waals surface area (Å²) in [5.41, 5.74) is 9.61. The van der Waals surface area contributed by atoms with Crippen molar-refractivity contribution in [2.75, 3.05) is 18.0 Å². The van der Waals surface area contributed by atoms with Crippen molar-refractivity contribution in [3.63, 3.8) is 0 Å². The highest BCUT2D eigenvalue weighted by Crippen LogP contribution is 2.22. The van der Waals surface area contributed by atoms with Crippen LogP contribution in [0.1, 0.15) is 24.0 Å². The van der Waals surface area contributed by atoms with Crippen molar-refractivity contribution >= 4 is 5.69 Å². The van der Waals surface area contributed by atoms with Crippen molar-refractivity contribution in [1.29, 1.82) is 0 Å². The maximum absolute atomic E-state index is 5.70. The zero-order valence-electron chi connectivity index (χ0n) is 8.79. The van der Waals surface area contributed by atoms with Crippen molar-refractivity contribution in [2.24, 2.45) is 5.73 Å². The first-order valence-electron chi connectivity index (χ1n) is 5.36. The topological polar surface area (TPSA) is 29.3 Å². The highest BCUT2D eigenvalue weighted by atomic mass is 15.1. The number of hydrogen-bond acceptors (Lipinski definition) is 2. The van der Waals surface area contributed by atoms with Crippen molar-refractivity contribution < 1.29 is 0 Å². The van der Waals surface area contributed by atoms with E-state index in [1.807, 2.05) is 0 Å². The van der Waals surface area contributed by atoms with Gasteiger partial charge in [0.2, 0.25) is 0 Å². The van der Waals surface area contributed by atoms with Crippen LogP contribution in [0.5, 0.6) is 0 Å². The van der Waals surface area contributed by atoms with Gasteiger partial charge in [-0.05, 0) is 43.0 Å². The summed E-state index contributed by atoms with van der Waals surface area (Å²) in [6.07, 6.45) is 2.65. The number of nitrogens with two attached hydrogens (primary N) is 1. The Kier molecular flexibility index (Phi) is 2.73. The molecule has 1 saturated heterocycles. The summed E-state index contributed by atoms with van der Waals surface area (Å²) >= 11 is 0. The van der Waals surface area contributed by atoms with Gasteiger partial charge in [0, 0.05) is 25.3 Å². The largest absolute Gasteiger partial charge is 0.372 e. The Balaban J connectivity index is 2.25. The molecule has 2 heteroatoms. The van der Waals surface area contributed by atoms with E-state index >= 15 is 0 Å². The molecule has 0 spiro atoms. The molecule has 1 aliphatic heterocycles. The maximum atomic E-state index is 5.70. The first-order chi connectivity index (χ1) is 6.81. The molecule has 2 rings (SSSR count). The van der Waals surface area contributed by atoms with Crippen LogP contribution in [0.15, 0.2) is 18.2 Å². The van der Waals surface area contributed by atoms with Gasteiger partial charge in [-0.3, -0.25) is 0 Å². The van der Waals surface area contributed by atoms with Crippen LogP contribution in [0.3, 0.4) is 0 Å². The van der Waals surface area contributed by atoms with Gasteiger partial charge in [0.1, 0.15) is 0 Å². The van der Waals surface area contributed by atoms with Gasteiger partial charge < -0.3 is 10.6 Å². The van der Waals surface area contributed by atoms with Crippen LogP contribution in [-0.2, 0) is 6.54 Å². The highest BCUT2D eigenvalue weighted by molar-refractivity contribution is 5.51. The summed E-state index contributed by atoms with van der Waals surface area (Å²) in [6.45, 7) is 5.17. The predicted octanol–water partition coefficient (Wildman–Crippen LogP) is 2.05. The Morgan fingerprint density at radius 1 is 1.29 bits per heavy atom. The van der Waals surface area contributed by atoms with E-state index in [9.17, 15) is 0 Å². The van der Waals surface area contributed by atoms with Crippen LogP contribution >= 0.6 is 0 Å². The van der Waals surface area contributed by atoms with Gasteiger partial charge in [-0.2, -0.15) is 0 Å². The third-order valence-corrected chi connectivity index (χ3v) is 3.02. The van der Waals surface area contributed by atoms with Gasteiger partial charge in [-0.15, -0.1) is 0 Å². The molecule has 0 bridgehead atoms. The Bertz CT molecular complexity index is 314. The molecule has 1 fully saturated rings. The van der Waals surface area contributed by atoms with Gasteiger partial charge in [-0.25, -0.2) is 0 Å². The Hall–Kier alpha value is -1.02. The van der Waals surface area contributed by atoms with E-state index in [0.29, 0.717) is 6.54 Å². The van der Waals surface area contributed by atoms with E-state index in [4.69, 9.17) is 5.73 Å². The molecule has 0 unspecified atom stereocenters. The molecule has 0 saturated carbocycles. The van der Waals surface area contributed by atoms with E-state index in [2.05, 4.69) is 30.0 Å². The number of nitrogens with zero attached hydrogens (tertiary/aromatic N) is 1. The van der Waals surface area contributed by atoms with Crippen LogP contribution in [0.25, 0.3) is 0 Å². The smallest absolute Gasteiger partial charge is 0.0369 e. The van der Waals surface area contributed by atoms with Crippen molar-refractivity contribution in [3.8, 4) is 0 Å². The molecule has 1 aromatic rings. The van der Waals surface area contributed by atoms with Crippen molar-refractivity contribution in [2.45, 2.75) is 26.3 Å². The number of hydrogen-bond donors (Lipinski definition) is 1. The van der Waals surface area contributed by atoms with Crippen LogP contribution < -0.4 is 10.6 Å². The normalized spacial score (nSPS) is 16.3. The van der Waals surface area contributed by atoms with E-state index in [1.54, 1.807) is 0 Å². The van der Waals surface area contributed by atoms with E-state index in [0.717, 1.165) is 0 Å². The SMILES string of the molecule is Cc1ccc(N2CCCC2)cc1CN. The average molecular weight is 190 g/mol. The summed E-state index contributed by atoms with van der Waals surface area (Å²) < 4.78 is 0.